The Morgan fingerprint density at radius 1 is 1.18 bits per heavy atom. The lowest BCUT2D eigenvalue weighted by molar-refractivity contribution is -0.163. The van der Waals surface area contributed by atoms with Crippen molar-refractivity contribution in [1.29, 1.82) is 0 Å². The van der Waals surface area contributed by atoms with Crippen molar-refractivity contribution in [3.63, 3.8) is 0 Å². The van der Waals surface area contributed by atoms with Crippen molar-refractivity contribution in [2.75, 3.05) is 46.5 Å². The van der Waals surface area contributed by atoms with E-state index in [0.717, 1.165) is 50.2 Å². The minimum absolute atomic E-state index is 0.0268. The van der Waals surface area contributed by atoms with Crippen molar-refractivity contribution < 1.29 is 28.4 Å². The van der Waals surface area contributed by atoms with Gasteiger partial charge in [0.05, 0.1) is 31.0 Å². The quantitative estimate of drug-likeness (QED) is 0.215. The van der Waals surface area contributed by atoms with Crippen LogP contribution in [-0.2, 0) is 28.4 Å². The van der Waals surface area contributed by atoms with Gasteiger partial charge in [-0.1, -0.05) is 33.5 Å². The van der Waals surface area contributed by atoms with E-state index in [-0.39, 0.29) is 46.5 Å². The summed E-state index contributed by atoms with van der Waals surface area (Å²) in [5, 5.41) is 0.869. The van der Waals surface area contributed by atoms with E-state index >= 15 is 0 Å². The second kappa shape index (κ2) is 14.0. The molecular formula is C25H45ClO6P2. The number of halogens is 1. The van der Waals surface area contributed by atoms with E-state index in [1.165, 1.54) is 6.42 Å². The summed E-state index contributed by atoms with van der Waals surface area (Å²) in [6.45, 7) is 15.1. The summed E-state index contributed by atoms with van der Waals surface area (Å²) >= 11 is 6.53. The van der Waals surface area contributed by atoms with Crippen LogP contribution in [-0.4, -0.2) is 88.6 Å². The molecule has 3 aliphatic rings. The summed E-state index contributed by atoms with van der Waals surface area (Å²) in [5.41, 5.74) is 0.312. The van der Waals surface area contributed by atoms with Crippen LogP contribution in [0.5, 0.6) is 0 Å². The second-order valence-electron chi connectivity index (χ2n) is 10.4. The molecule has 6 nitrogen and oxygen atoms in total. The van der Waals surface area contributed by atoms with E-state index in [0.29, 0.717) is 18.8 Å². The van der Waals surface area contributed by atoms with E-state index in [1.54, 1.807) is 0 Å². The molecule has 9 heteroatoms. The Morgan fingerprint density at radius 2 is 1.94 bits per heavy atom. The van der Waals surface area contributed by atoms with Crippen molar-refractivity contribution in [2.45, 2.75) is 101 Å². The van der Waals surface area contributed by atoms with Crippen LogP contribution in [0.1, 0.15) is 58.8 Å². The smallest absolute Gasteiger partial charge is 0.163 e. The van der Waals surface area contributed by atoms with Gasteiger partial charge in [-0.05, 0) is 79.0 Å². The number of rotatable bonds is 12. The third kappa shape index (κ3) is 9.19. The Bertz CT molecular complexity index is 633. The van der Waals surface area contributed by atoms with Crippen LogP contribution in [0, 0.1) is 0 Å². The molecule has 3 fully saturated rings. The highest BCUT2D eigenvalue weighted by Crippen LogP contribution is 2.52. The molecule has 198 valence electrons. The third-order valence-electron chi connectivity index (χ3n) is 6.42. The molecule has 0 aromatic rings. The molecule has 3 heterocycles. The summed E-state index contributed by atoms with van der Waals surface area (Å²) < 4.78 is 36.7. The van der Waals surface area contributed by atoms with Crippen LogP contribution in [0.15, 0.2) is 11.1 Å². The van der Waals surface area contributed by atoms with Gasteiger partial charge in [0.25, 0.3) is 0 Å². The molecule has 0 spiro atoms. The standard InChI is InChI=1S/C25H45ClO6P2/c1-25(2)29-17-21(32-25)23-20(31-24(33(3)4)34(5)6)16-19(30-23)13-12-18(26)10-9-15-28-22-11-7-8-14-27-22/h10,19-24H,7-9,11-17H2,1-6H3/b18-10-/t19-,20-,21-,22?,23+/m1/s1. The van der Waals surface area contributed by atoms with Gasteiger partial charge in [-0.15, -0.1) is 0 Å². The van der Waals surface area contributed by atoms with Gasteiger partial charge in [0, 0.05) is 18.1 Å². The molecule has 0 aromatic carbocycles. The summed E-state index contributed by atoms with van der Waals surface area (Å²) in [7, 11) is -0.376. The van der Waals surface area contributed by atoms with Gasteiger partial charge in [-0.3, -0.25) is 0 Å². The van der Waals surface area contributed by atoms with Gasteiger partial charge in [0.2, 0.25) is 0 Å². The first-order chi connectivity index (χ1) is 16.1. The lowest BCUT2D eigenvalue weighted by Crippen LogP contribution is -2.40. The highest BCUT2D eigenvalue weighted by molar-refractivity contribution is 7.74. The van der Waals surface area contributed by atoms with Crippen molar-refractivity contribution in [3.8, 4) is 0 Å². The van der Waals surface area contributed by atoms with Crippen LogP contribution in [0.25, 0.3) is 0 Å². The number of hydrogen-bond donors (Lipinski definition) is 0. The Kier molecular flexibility index (Phi) is 12.0. The molecule has 3 saturated heterocycles. The lowest BCUT2D eigenvalue weighted by atomic mass is 10.0. The van der Waals surface area contributed by atoms with E-state index in [9.17, 15) is 0 Å². The molecule has 5 atom stereocenters. The average Bonchev–Trinajstić information content (AvgIpc) is 3.36. The third-order valence-corrected chi connectivity index (χ3v) is 11.5. The molecule has 3 rings (SSSR count). The molecule has 0 aromatic heterocycles. The normalized spacial score (nSPS) is 32.4. The van der Waals surface area contributed by atoms with Crippen LogP contribution in [0.2, 0.25) is 0 Å². The minimum Gasteiger partial charge on any atom is -0.369 e. The molecule has 0 radical (unpaired) electrons. The summed E-state index contributed by atoms with van der Waals surface area (Å²) in [6, 6.07) is 0. The average molecular weight is 539 g/mol. The fourth-order valence-electron chi connectivity index (χ4n) is 4.80. The van der Waals surface area contributed by atoms with Gasteiger partial charge >= 0.3 is 0 Å². The van der Waals surface area contributed by atoms with Crippen LogP contribution < -0.4 is 0 Å². The van der Waals surface area contributed by atoms with E-state index < -0.39 is 5.79 Å². The molecule has 3 aliphatic heterocycles. The fourth-order valence-corrected chi connectivity index (χ4v) is 9.51. The van der Waals surface area contributed by atoms with Gasteiger partial charge in [0.1, 0.15) is 12.2 Å². The monoisotopic (exact) mass is 538 g/mol. The number of hydrogen-bond acceptors (Lipinski definition) is 6. The lowest BCUT2D eigenvalue weighted by Gasteiger charge is -2.32. The first-order valence-corrected chi connectivity index (χ1v) is 17.7. The van der Waals surface area contributed by atoms with Gasteiger partial charge in [-0.25, -0.2) is 0 Å². The van der Waals surface area contributed by atoms with Crippen molar-refractivity contribution >= 4 is 27.4 Å². The topological polar surface area (TPSA) is 55.4 Å². The Hall–Kier alpha value is 0.650. The number of allylic oxidation sites excluding steroid dienone is 1. The van der Waals surface area contributed by atoms with Crippen LogP contribution in [0.3, 0.4) is 0 Å². The van der Waals surface area contributed by atoms with Gasteiger partial charge in [-0.2, -0.15) is 0 Å². The molecule has 34 heavy (non-hydrogen) atoms. The molecule has 0 amide bonds. The Morgan fingerprint density at radius 3 is 2.56 bits per heavy atom. The SMILES string of the molecule is CP(C)C(O[C@@H]1C[C@@H](CC/C(Cl)=C/CCOC2CCCCO2)O[C@@H]1[C@H]1COC(C)(C)O1)P(C)C. The molecular weight excluding hydrogens is 494 g/mol. The van der Waals surface area contributed by atoms with Crippen LogP contribution >= 0.6 is 27.4 Å². The summed E-state index contributed by atoms with van der Waals surface area (Å²) in [6.07, 6.45) is 8.61. The van der Waals surface area contributed by atoms with Crippen molar-refractivity contribution in [1.82, 2.24) is 0 Å². The Balaban J connectivity index is 1.49. The van der Waals surface area contributed by atoms with Crippen molar-refractivity contribution in [2.24, 2.45) is 0 Å². The predicted octanol–water partition coefficient (Wildman–Crippen LogP) is 6.28. The molecule has 0 N–H and O–H groups in total. The maximum atomic E-state index is 6.72. The number of ether oxygens (including phenoxy) is 6. The van der Waals surface area contributed by atoms with Gasteiger partial charge < -0.3 is 28.4 Å². The maximum absolute atomic E-state index is 6.72. The zero-order valence-electron chi connectivity index (χ0n) is 21.8. The second-order valence-corrected chi connectivity index (χ2v) is 16.1. The maximum Gasteiger partial charge on any atom is 0.163 e. The van der Waals surface area contributed by atoms with Crippen LogP contribution in [0.4, 0.5) is 0 Å². The first-order valence-electron chi connectivity index (χ1n) is 12.7. The zero-order valence-corrected chi connectivity index (χ0v) is 24.4. The van der Waals surface area contributed by atoms with Gasteiger partial charge in [0.15, 0.2) is 12.1 Å². The highest BCUT2D eigenvalue weighted by Gasteiger charge is 2.47. The predicted molar refractivity (Wildman–Crippen MR) is 142 cm³/mol. The molecule has 0 aliphatic carbocycles. The zero-order chi connectivity index (χ0) is 24.7. The summed E-state index contributed by atoms with van der Waals surface area (Å²) in [5.74, 6) is -0.572. The minimum atomic E-state index is -0.572. The van der Waals surface area contributed by atoms with E-state index in [2.05, 4.69) is 32.7 Å². The molecule has 0 saturated carbocycles. The Labute approximate surface area is 214 Å². The van der Waals surface area contributed by atoms with Crippen molar-refractivity contribution in [3.05, 3.63) is 11.1 Å². The molecule has 1 unspecified atom stereocenters. The highest BCUT2D eigenvalue weighted by atomic mass is 35.5. The largest absolute Gasteiger partial charge is 0.369 e. The first kappa shape index (κ1) is 29.2. The van der Waals surface area contributed by atoms with E-state index in [4.69, 9.17) is 40.0 Å². The summed E-state index contributed by atoms with van der Waals surface area (Å²) in [4.78, 5) is 0. The fraction of sp³-hybridized carbons (Fsp3) is 0.920. The van der Waals surface area contributed by atoms with E-state index in [1.807, 2.05) is 13.8 Å². The molecule has 0 bridgehead atoms.